The molecule has 1 aliphatic carbocycles. The number of nitrogens with zero attached hydrogens (tertiary/aromatic N) is 1. The molecule has 0 radical (unpaired) electrons. The molecular weight excluding hydrogens is 343 g/mol. The van der Waals surface area contributed by atoms with Crippen molar-refractivity contribution in [2.75, 3.05) is 5.32 Å². The molecule has 0 aliphatic heterocycles. The minimum atomic E-state index is -1.16. The predicted octanol–water partition coefficient (Wildman–Crippen LogP) is 3.44. The van der Waals surface area contributed by atoms with Gasteiger partial charge in [0.15, 0.2) is 0 Å². The monoisotopic (exact) mass is 358 g/mol. The predicted molar refractivity (Wildman–Crippen MR) is 91.1 cm³/mol. The van der Waals surface area contributed by atoms with Gasteiger partial charge in [-0.15, -0.1) is 11.3 Å². The third kappa shape index (κ3) is 3.54. The van der Waals surface area contributed by atoms with Crippen LogP contribution in [0.1, 0.15) is 40.3 Å². The van der Waals surface area contributed by atoms with Gasteiger partial charge in [0.2, 0.25) is 5.91 Å². The number of fused-ring (bicyclic) bond motifs is 1. The lowest BCUT2D eigenvalue weighted by molar-refractivity contribution is -0.140. The van der Waals surface area contributed by atoms with Crippen LogP contribution >= 0.6 is 11.3 Å². The molecule has 7 heteroatoms. The number of amides is 1. The van der Waals surface area contributed by atoms with E-state index < -0.39 is 23.6 Å². The van der Waals surface area contributed by atoms with Crippen LogP contribution in [0.5, 0.6) is 0 Å². The Morgan fingerprint density at radius 1 is 1.32 bits per heavy atom. The molecule has 0 unspecified atom stereocenters. The Morgan fingerprint density at radius 3 is 2.68 bits per heavy atom. The van der Waals surface area contributed by atoms with Crippen molar-refractivity contribution >= 4 is 28.2 Å². The van der Waals surface area contributed by atoms with Crippen molar-refractivity contribution in [2.45, 2.75) is 31.6 Å². The number of hydrogen-bond acceptors (Lipinski definition) is 4. The quantitative estimate of drug-likeness (QED) is 0.857. The number of anilines is 1. The Morgan fingerprint density at radius 2 is 2.04 bits per heavy atom. The fourth-order valence-electron chi connectivity index (χ4n) is 3.02. The van der Waals surface area contributed by atoms with Gasteiger partial charge in [0, 0.05) is 11.3 Å². The summed E-state index contributed by atoms with van der Waals surface area (Å²) in [6, 6.07) is 7.19. The number of carbonyl (C=O) groups is 2. The van der Waals surface area contributed by atoms with E-state index >= 15 is 0 Å². The zero-order valence-corrected chi connectivity index (χ0v) is 14.0. The Labute approximate surface area is 147 Å². The van der Waals surface area contributed by atoms with Gasteiger partial charge in [-0.25, -0.2) is 4.39 Å². The Hall–Kier alpha value is -2.72. The van der Waals surface area contributed by atoms with Crippen molar-refractivity contribution < 1.29 is 19.1 Å². The van der Waals surface area contributed by atoms with Gasteiger partial charge >= 0.3 is 5.97 Å². The van der Waals surface area contributed by atoms with Crippen molar-refractivity contribution in [2.24, 2.45) is 0 Å². The first kappa shape index (κ1) is 17.1. The van der Waals surface area contributed by atoms with Crippen molar-refractivity contribution in [3.8, 4) is 6.07 Å². The highest BCUT2D eigenvalue weighted by molar-refractivity contribution is 7.16. The first-order chi connectivity index (χ1) is 12.0. The molecule has 0 fully saturated rings. The largest absolute Gasteiger partial charge is 0.481 e. The molecule has 1 aromatic carbocycles. The maximum Gasteiger partial charge on any atom is 0.311 e. The molecule has 0 spiro atoms. The second kappa shape index (κ2) is 7.03. The summed E-state index contributed by atoms with van der Waals surface area (Å²) in [6.07, 6.45) is 2.46. The second-order valence-corrected chi connectivity index (χ2v) is 6.97. The van der Waals surface area contributed by atoms with Crippen molar-refractivity contribution in [1.82, 2.24) is 0 Å². The minimum absolute atomic E-state index is 0.283. The molecular formula is C18H15FN2O3S. The molecule has 2 N–H and O–H groups in total. The number of carboxylic acids is 1. The number of halogens is 1. The Balaban J connectivity index is 1.76. The summed E-state index contributed by atoms with van der Waals surface area (Å²) in [7, 11) is 0. The number of benzene rings is 1. The van der Waals surface area contributed by atoms with E-state index in [4.69, 9.17) is 0 Å². The molecule has 128 valence electrons. The van der Waals surface area contributed by atoms with Crippen molar-refractivity contribution in [3.63, 3.8) is 0 Å². The van der Waals surface area contributed by atoms with Gasteiger partial charge < -0.3 is 10.4 Å². The van der Waals surface area contributed by atoms with Crippen LogP contribution in [0.25, 0.3) is 0 Å². The molecule has 1 atom stereocenters. The average Bonchev–Trinajstić information content (AvgIpc) is 3.13. The van der Waals surface area contributed by atoms with E-state index in [0.29, 0.717) is 16.1 Å². The molecule has 5 nitrogen and oxygen atoms in total. The van der Waals surface area contributed by atoms with Gasteiger partial charge in [-0.3, -0.25) is 9.59 Å². The molecule has 25 heavy (non-hydrogen) atoms. The van der Waals surface area contributed by atoms with Crippen LogP contribution in [-0.4, -0.2) is 17.0 Å². The lowest BCUT2D eigenvalue weighted by Crippen LogP contribution is -2.21. The first-order valence-corrected chi connectivity index (χ1v) is 8.64. The van der Waals surface area contributed by atoms with Gasteiger partial charge in [-0.05, 0) is 42.5 Å². The van der Waals surface area contributed by atoms with E-state index in [-0.39, 0.29) is 6.42 Å². The Bertz CT molecular complexity index is 868. The van der Waals surface area contributed by atoms with E-state index in [0.717, 1.165) is 29.7 Å². The SMILES string of the molecule is N#Cc1c(NC(=O)C[C@@H](C(=O)O)c2ccc(F)cc2)sc2c1CCC2. The van der Waals surface area contributed by atoms with Crippen LogP contribution in [-0.2, 0) is 22.4 Å². The molecule has 1 aliphatic rings. The van der Waals surface area contributed by atoms with Crippen LogP contribution < -0.4 is 5.32 Å². The van der Waals surface area contributed by atoms with Crippen LogP contribution in [0.2, 0.25) is 0 Å². The summed E-state index contributed by atoms with van der Waals surface area (Å²) < 4.78 is 13.0. The van der Waals surface area contributed by atoms with Crippen LogP contribution in [0.3, 0.4) is 0 Å². The van der Waals surface area contributed by atoms with E-state index in [2.05, 4.69) is 11.4 Å². The molecule has 0 bridgehead atoms. The fraction of sp³-hybridized carbons (Fsp3) is 0.278. The molecule has 1 amide bonds. The van der Waals surface area contributed by atoms with E-state index in [1.807, 2.05) is 0 Å². The first-order valence-electron chi connectivity index (χ1n) is 7.82. The highest BCUT2D eigenvalue weighted by atomic mass is 32.1. The number of nitrogens with one attached hydrogen (secondary N) is 1. The molecule has 1 aromatic heterocycles. The van der Waals surface area contributed by atoms with E-state index in [1.165, 1.54) is 35.6 Å². The number of carboxylic acid groups (broad SMARTS) is 1. The smallest absolute Gasteiger partial charge is 0.311 e. The summed E-state index contributed by atoms with van der Waals surface area (Å²) in [4.78, 5) is 24.9. The van der Waals surface area contributed by atoms with Gasteiger partial charge in [-0.2, -0.15) is 5.26 Å². The summed E-state index contributed by atoms with van der Waals surface area (Å²) in [5.74, 6) is -3.17. The lowest BCUT2D eigenvalue weighted by Gasteiger charge is -2.12. The van der Waals surface area contributed by atoms with Crippen LogP contribution in [0.4, 0.5) is 9.39 Å². The summed E-state index contributed by atoms with van der Waals surface area (Å²) >= 11 is 1.38. The number of nitriles is 1. The molecule has 1 heterocycles. The highest BCUT2D eigenvalue weighted by Gasteiger charge is 2.26. The number of carbonyl (C=O) groups excluding carboxylic acids is 1. The van der Waals surface area contributed by atoms with Crippen molar-refractivity contribution in [1.29, 1.82) is 5.26 Å². The maximum atomic E-state index is 13.0. The fourth-order valence-corrected chi connectivity index (χ4v) is 4.27. The van der Waals surface area contributed by atoms with Crippen LogP contribution in [0, 0.1) is 17.1 Å². The van der Waals surface area contributed by atoms with Crippen LogP contribution in [0.15, 0.2) is 24.3 Å². The number of aryl methyl sites for hydroxylation is 1. The number of thiophene rings is 1. The molecule has 2 aromatic rings. The summed E-state index contributed by atoms with van der Waals surface area (Å²) in [6.45, 7) is 0. The van der Waals surface area contributed by atoms with Gasteiger partial charge in [-0.1, -0.05) is 12.1 Å². The standard InChI is InChI=1S/C18H15FN2O3S/c19-11-6-4-10(5-7-11)13(18(23)24)8-16(22)21-17-14(9-20)12-2-1-3-15(12)25-17/h4-7,13H,1-3,8H2,(H,21,22)(H,23,24)/t13-/m1/s1. The van der Waals surface area contributed by atoms with Gasteiger partial charge in [0.05, 0.1) is 11.5 Å². The highest BCUT2D eigenvalue weighted by Crippen LogP contribution is 2.38. The number of aliphatic carboxylic acids is 1. The number of hydrogen-bond donors (Lipinski definition) is 2. The zero-order valence-electron chi connectivity index (χ0n) is 13.2. The number of rotatable bonds is 5. The summed E-state index contributed by atoms with van der Waals surface area (Å²) in [5.41, 5.74) is 1.84. The zero-order chi connectivity index (χ0) is 18.0. The maximum absolute atomic E-state index is 13.0. The second-order valence-electron chi connectivity index (χ2n) is 5.87. The van der Waals surface area contributed by atoms with Gasteiger partial charge in [0.1, 0.15) is 16.9 Å². The van der Waals surface area contributed by atoms with E-state index in [9.17, 15) is 24.3 Å². The van der Waals surface area contributed by atoms with Crippen molar-refractivity contribution in [3.05, 3.63) is 51.7 Å². The molecule has 3 rings (SSSR count). The summed E-state index contributed by atoms with van der Waals surface area (Å²) in [5, 5.41) is 21.9. The van der Waals surface area contributed by atoms with Gasteiger partial charge in [0.25, 0.3) is 0 Å². The molecule has 0 saturated heterocycles. The Kier molecular flexibility index (Phi) is 4.81. The topological polar surface area (TPSA) is 90.2 Å². The minimum Gasteiger partial charge on any atom is -0.481 e. The lowest BCUT2D eigenvalue weighted by atomic mass is 9.95. The normalized spacial score (nSPS) is 13.8. The van der Waals surface area contributed by atoms with E-state index in [1.54, 1.807) is 0 Å². The molecule has 0 saturated carbocycles. The average molecular weight is 358 g/mol. The third-order valence-corrected chi connectivity index (χ3v) is 5.45. The third-order valence-electron chi connectivity index (χ3n) is 4.25.